The topological polar surface area (TPSA) is 90.4 Å². The maximum atomic E-state index is 12.5. The van der Waals surface area contributed by atoms with Gasteiger partial charge >= 0.3 is 0 Å². The molecule has 5 nitrogen and oxygen atoms in total. The van der Waals surface area contributed by atoms with Gasteiger partial charge in [-0.05, 0) is 72.9 Å². The molecule has 1 unspecified atom stereocenters. The molecule has 0 saturated heterocycles. The number of pyridine rings is 1. The Morgan fingerprint density at radius 2 is 1.50 bits per heavy atom. The lowest BCUT2D eigenvalue weighted by molar-refractivity contribution is -0.118. The third-order valence-corrected chi connectivity index (χ3v) is 7.12. The van der Waals surface area contributed by atoms with Gasteiger partial charge in [0.2, 0.25) is 5.56 Å². The highest BCUT2D eigenvalue weighted by Crippen LogP contribution is 2.31. The number of phenols is 1. The normalized spacial score (nSPS) is 12.0. The number of hydrogen-bond donors (Lipinski definition) is 3. The molecule has 0 spiro atoms. The molecule has 1 heterocycles. The van der Waals surface area contributed by atoms with Gasteiger partial charge in [0.1, 0.15) is 11.5 Å². The van der Waals surface area contributed by atoms with E-state index in [1.54, 1.807) is 12.1 Å². The second-order valence-electron chi connectivity index (χ2n) is 10.1. The quantitative estimate of drug-likeness (QED) is 0.167. The van der Waals surface area contributed by atoms with E-state index in [0.29, 0.717) is 41.5 Å². The zero-order valence-electron chi connectivity index (χ0n) is 21.9. The molecule has 38 heavy (non-hydrogen) atoms. The van der Waals surface area contributed by atoms with Gasteiger partial charge in [-0.2, -0.15) is 0 Å². The number of aliphatic hydroxyl groups is 1. The van der Waals surface area contributed by atoms with Crippen LogP contribution in [0.4, 0.5) is 0 Å². The Balaban J connectivity index is 1.18. The van der Waals surface area contributed by atoms with Crippen LogP contribution in [0.5, 0.6) is 5.75 Å². The van der Waals surface area contributed by atoms with Crippen molar-refractivity contribution in [3.63, 3.8) is 0 Å². The summed E-state index contributed by atoms with van der Waals surface area (Å²) in [5.41, 5.74) is 4.41. The molecule has 4 aromatic rings. The molecule has 0 aliphatic rings. The maximum Gasteiger partial charge on any atom is 0.248 e. The summed E-state index contributed by atoms with van der Waals surface area (Å²) in [5, 5.41) is 21.5. The van der Waals surface area contributed by atoms with E-state index in [-0.39, 0.29) is 11.3 Å². The van der Waals surface area contributed by atoms with E-state index in [2.05, 4.69) is 41.4 Å². The van der Waals surface area contributed by atoms with Crippen molar-refractivity contribution in [3.8, 4) is 5.75 Å². The molecule has 198 valence electrons. The number of hydrogen-bond acceptors (Lipinski definition) is 4. The number of aromatic nitrogens is 1. The lowest BCUT2D eigenvalue weighted by Gasteiger charge is -2.14. The Morgan fingerprint density at radius 1 is 0.763 bits per heavy atom. The Hall–Kier alpha value is -3.70. The van der Waals surface area contributed by atoms with Crippen molar-refractivity contribution in [2.75, 3.05) is 0 Å². The zero-order chi connectivity index (χ0) is 26.7. The summed E-state index contributed by atoms with van der Waals surface area (Å²) >= 11 is 0. The first-order valence-electron chi connectivity index (χ1n) is 13.7. The first-order valence-corrected chi connectivity index (χ1v) is 13.7. The van der Waals surface area contributed by atoms with Gasteiger partial charge in [-0.3, -0.25) is 9.59 Å². The van der Waals surface area contributed by atoms with E-state index < -0.39 is 6.10 Å². The van der Waals surface area contributed by atoms with Gasteiger partial charge in [-0.1, -0.05) is 73.5 Å². The van der Waals surface area contributed by atoms with Crippen molar-refractivity contribution >= 4 is 16.7 Å². The first-order chi connectivity index (χ1) is 18.5. The van der Waals surface area contributed by atoms with Crippen molar-refractivity contribution in [2.24, 2.45) is 0 Å². The van der Waals surface area contributed by atoms with Crippen LogP contribution in [0.15, 0.2) is 83.7 Å². The van der Waals surface area contributed by atoms with Crippen molar-refractivity contribution < 1.29 is 15.0 Å². The largest absolute Gasteiger partial charge is 0.506 e. The van der Waals surface area contributed by atoms with Crippen molar-refractivity contribution in [1.82, 2.24) is 4.98 Å². The molecular weight excluding hydrogens is 474 g/mol. The standard InChI is InChI=1S/C33H37NO4/c35-27(16-6-2-5-12-24-10-3-1-4-11-24)23-26-15-9-14-25(22-26)13-7-8-17-30(36)28-18-20-31(37)33-29(28)19-21-32(38)34-33/h1,3-4,9-11,14-15,18-22,30,36-37H,2,5-8,12-13,16-17,23H2,(H,34,38). The van der Waals surface area contributed by atoms with Crippen molar-refractivity contribution in [3.05, 3.63) is 111 Å². The number of ketones is 1. The lowest BCUT2D eigenvalue weighted by atomic mass is 9.97. The Kier molecular flexibility index (Phi) is 9.88. The molecule has 3 N–H and O–H groups in total. The van der Waals surface area contributed by atoms with E-state index in [0.717, 1.165) is 50.5 Å². The van der Waals surface area contributed by atoms with Crippen LogP contribution < -0.4 is 5.56 Å². The van der Waals surface area contributed by atoms with E-state index >= 15 is 0 Å². The van der Waals surface area contributed by atoms with Crippen LogP contribution in [0.3, 0.4) is 0 Å². The number of fused-ring (bicyclic) bond motifs is 1. The number of unbranched alkanes of at least 4 members (excludes halogenated alkanes) is 3. The highest BCUT2D eigenvalue weighted by atomic mass is 16.3. The van der Waals surface area contributed by atoms with Crippen LogP contribution in [0.25, 0.3) is 10.9 Å². The summed E-state index contributed by atoms with van der Waals surface area (Å²) in [6.07, 6.45) is 7.87. The van der Waals surface area contributed by atoms with E-state index in [1.165, 1.54) is 23.3 Å². The monoisotopic (exact) mass is 511 g/mol. The summed E-state index contributed by atoms with van der Waals surface area (Å²) in [6, 6.07) is 25.0. The van der Waals surface area contributed by atoms with Crippen molar-refractivity contribution in [2.45, 2.75) is 70.3 Å². The smallest absolute Gasteiger partial charge is 0.248 e. The van der Waals surface area contributed by atoms with Crippen LogP contribution >= 0.6 is 0 Å². The first kappa shape index (κ1) is 27.3. The number of carbonyl (C=O) groups is 1. The summed E-state index contributed by atoms with van der Waals surface area (Å²) in [7, 11) is 0. The number of H-pyrrole nitrogens is 1. The third kappa shape index (κ3) is 7.90. The Morgan fingerprint density at radius 3 is 2.34 bits per heavy atom. The van der Waals surface area contributed by atoms with Gasteiger partial charge in [0.25, 0.3) is 0 Å². The highest BCUT2D eigenvalue weighted by molar-refractivity contribution is 5.87. The maximum absolute atomic E-state index is 12.5. The van der Waals surface area contributed by atoms with Crippen LogP contribution in [0, 0.1) is 0 Å². The number of phenolic OH excluding ortho intramolecular Hbond substituents is 1. The fraction of sp³-hybridized carbons (Fsp3) is 0.333. The van der Waals surface area contributed by atoms with Crippen LogP contribution in [0.2, 0.25) is 0 Å². The predicted molar refractivity (Wildman–Crippen MR) is 153 cm³/mol. The molecular formula is C33H37NO4. The number of Topliss-reactive ketones (excluding diaryl/α,β-unsaturated/α-hetero) is 1. The molecule has 0 radical (unpaired) electrons. The zero-order valence-corrected chi connectivity index (χ0v) is 21.9. The lowest BCUT2D eigenvalue weighted by Crippen LogP contribution is -2.05. The Bertz CT molecular complexity index is 1390. The van der Waals surface area contributed by atoms with Gasteiger partial charge in [-0.15, -0.1) is 0 Å². The van der Waals surface area contributed by atoms with E-state index in [4.69, 9.17) is 0 Å². The number of nitrogens with one attached hydrogen (secondary N) is 1. The molecule has 1 aromatic heterocycles. The van der Waals surface area contributed by atoms with Gasteiger partial charge in [0, 0.05) is 24.3 Å². The molecule has 0 amide bonds. The number of benzene rings is 3. The number of aliphatic hydroxyl groups excluding tert-OH is 1. The summed E-state index contributed by atoms with van der Waals surface area (Å²) in [5.74, 6) is 0.294. The average molecular weight is 512 g/mol. The van der Waals surface area contributed by atoms with Crippen LogP contribution in [-0.4, -0.2) is 21.0 Å². The van der Waals surface area contributed by atoms with Gasteiger partial charge < -0.3 is 15.2 Å². The third-order valence-electron chi connectivity index (χ3n) is 7.12. The van der Waals surface area contributed by atoms with E-state index in [1.807, 2.05) is 18.2 Å². The molecule has 0 aliphatic heterocycles. The fourth-order valence-corrected chi connectivity index (χ4v) is 5.06. The number of carbonyl (C=O) groups excluding carboxylic acids is 1. The molecule has 0 bridgehead atoms. The number of aromatic hydroxyl groups is 1. The summed E-state index contributed by atoms with van der Waals surface area (Å²) in [4.78, 5) is 26.8. The summed E-state index contributed by atoms with van der Waals surface area (Å²) in [6.45, 7) is 0. The minimum Gasteiger partial charge on any atom is -0.506 e. The molecule has 0 aliphatic carbocycles. The number of aromatic amines is 1. The molecule has 3 aromatic carbocycles. The van der Waals surface area contributed by atoms with Gasteiger partial charge in [0.05, 0.1) is 11.6 Å². The average Bonchev–Trinajstić information content (AvgIpc) is 2.92. The molecule has 1 atom stereocenters. The SMILES string of the molecule is O=C(CCCCCc1ccccc1)Cc1cccc(CCCCC(O)c2ccc(O)c3[nH]c(=O)ccc23)c1. The van der Waals surface area contributed by atoms with E-state index in [9.17, 15) is 19.8 Å². The number of rotatable bonds is 14. The predicted octanol–water partition coefficient (Wildman–Crippen LogP) is 6.59. The summed E-state index contributed by atoms with van der Waals surface area (Å²) < 4.78 is 0. The van der Waals surface area contributed by atoms with Crippen molar-refractivity contribution in [1.29, 1.82) is 0 Å². The minimum absolute atomic E-state index is 0.00456. The second kappa shape index (κ2) is 13.7. The molecule has 0 fully saturated rings. The molecule has 5 heteroatoms. The molecule has 4 rings (SSSR count). The van der Waals surface area contributed by atoms with Gasteiger partial charge in [-0.25, -0.2) is 0 Å². The number of aryl methyl sites for hydroxylation is 2. The highest BCUT2D eigenvalue weighted by Gasteiger charge is 2.14. The van der Waals surface area contributed by atoms with Crippen LogP contribution in [0.1, 0.15) is 73.3 Å². The fourth-order valence-electron chi connectivity index (χ4n) is 5.06. The molecule has 0 saturated carbocycles. The van der Waals surface area contributed by atoms with Gasteiger partial charge in [0.15, 0.2) is 0 Å². The second-order valence-corrected chi connectivity index (χ2v) is 10.1. The van der Waals surface area contributed by atoms with Crippen LogP contribution in [-0.2, 0) is 24.1 Å². The Labute approximate surface area is 224 Å². The minimum atomic E-state index is -0.680.